The maximum absolute atomic E-state index is 14.8. The molecule has 4 rings (SSSR count). The van der Waals surface area contributed by atoms with Crippen LogP contribution in [0.2, 0.25) is 0 Å². The first-order chi connectivity index (χ1) is 43.6. The van der Waals surface area contributed by atoms with Gasteiger partial charge in [-0.05, 0) is 91.9 Å². The maximum Gasteiger partial charge on any atom is 0.410 e. The Balaban J connectivity index is 1.36. The van der Waals surface area contributed by atoms with Gasteiger partial charge in [0.2, 0.25) is 35.4 Å². The van der Waals surface area contributed by atoms with Gasteiger partial charge in [-0.25, -0.2) is 9.59 Å². The fourth-order valence-corrected chi connectivity index (χ4v) is 12.1. The molecular formula is C67H103N11O13S. The van der Waals surface area contributed by atoms with E-state index >= 15 is 0 Å². The second-order valence-electron chi connectivity index (χ2n) is 25.1. The smallest absolute Gasteiger partial charge is 0.410 e. The van der Waals surface area contributed by atoms with Crippen molar-refractivity contribution in [2.45, 2.75) is 188 Å². The SMILES string of the molecule is CCC(C)C(C(CC(=O)N1CCCC1C(OC)C(C)C(=S)NCCc1ccccc1)OC)N(C)C(=O)C(NC(=O)C(C(C)C)N(C)C(=O)OCc1ccc(NC(=O)C(CCCNC(N)=O)NC(=O)C(NC(=O)CCCCCN2C(=O)C=CC2=O)C(C)C)cc1)C(C)C. The number of amides is 11. The number of primary amides is 1. The third kappa shape index (κ3) is 23.3. The highest BCUT2D eigenvalue weighted by molar-refractivity contribution is 7.80. The van der Waals surface area contributed by atoms with E-state index in [1.54, 1.807) is 78.1 Å². The average molecular weight is 1300 g/mol. The number of anilines is 1. The number of urea groups is 1. The van der Waals surface area contributed by atoms with Crippen molar-refractivity contribution in [2.24, 2.45) is 35.3 Å². The van der Waals surface area contributed by atoms with Crippen LogP contribution in [0.15, 0.2) is 66.7 Å². The minimum absolute atomic E-state index is 0.00185. The average Bonchev–Trinajstić information content (AvgIpc) is 1.35. The van der Waals surface area contributed by atoms with E-state index in [0.717, 1.165) is 24.2 Å². The summed E-state index contributed by atoms with van der Waals surface area (Å²) in [6.45, 7) is 18.1. The van der Waals surface area contributed by atoms with Gasteiger partial charge in [0.05, 0.1) is 35.7 Å². The van der Waals surface area contributed by atoms with Gasteiger partial charge < -0.3 is 61.6 Å². The van der Waals surface area contributed by atoms with E-state index in [1.807, 2.05) is 57.7 Å². The Morgan fingerprint density at radius 1 is 0.717 bits per heavy atom. The molecular weight excluding hydrogens is 1200 g/mol. The van der Waals surface area contributed by atoms with Crippen molar-refractivity contribution in [1.82, 2.24) is 46.2 Å². The van der Waals surface area contributed by atoms with E-state index < -0.39 is 78.0 Å². The molecule has 10 atom stereocenters. The number of benzene rings is 2. The van der Waals surface area contributed by atoms with Crippen LogP contribution < -0.4 is 37.6 Å². The Kier molecular flexibility index (Phi) is 32.2. The predicted octanol–water partition coefficient (Wildman–Crippen LogP) is 6.00. The highest BCUT2D eigenvalue weighted by Crippen LogP contribution is 2.30. The van der Waals surface area contributed by atoms with Crippen molar-refractivity contribution in [1.29, 1.82) is 0 Å². The second-order valence-corrected chi connectivity index (χ2v) is 25.6. The lowest BCUT2D eigenvalue weighted by atomic mass is 9.89. The summed E-state index contributed by atoms with van der Waals surface area (Å²) in [5.41, 5.74) is 7.33. The molecule has 0 bridgehead atoms. The number of methoxy groups -OCH3 is 2. The van der Waals surface area contributed by atoms with Gasteiger partial charge in [-0.3, -0.25) is 48.2 Å². The standard InChI is InChI=1S/C67H103N11O13S/c1-14-44(8)59(51(89-12)39-55(82)77-38-22-26-50(77)60(90-13)45(9)64(92)69-36-34-46-23-17-15-18-24-46)75(10)65(86)57(42(4)5)74-63(85)58(43(6)7)76(11)67(88)91-40-47-28-30-48(31-29-47)71-61(83)49(25-21-35-70-66(68)87)72-62(84)56(41(2)3)73-52(79)27-19-16-20-37-78-53(80)32-33-54(78)81/h15,17-18,23-24,28-33,41-45,49-51,56-60H,14,16,19-22,25-27,34-40H2,1-13H3,(H,69,92)(H,71,83)(H,72,84)(H,73,79)(H,74,85)(H3,68,70,87). The van der Waals surface area contributed by atoms with Crippen LogP contribution in [0.3, 0.4) is 0 Å². The third-order valence-corrected chi connectivity index (χ3v) is 17.8. The van der Waals surface area contributed by atoms with Crippen LogP contribution in [-0.4, -0.2) is 187 Å². The Labute approximate surface area is 549 Å². The number of hydrogen-bond donors (Lipinski definition) is 7. The van der Waals surface area contributed by atoms with Gasteiger partial charge in [0.15, 0.2) is 0 Å². The largest absolute Gasteiger partial charge is 0.445 e. The molecule has 10 unspecified atom stereocenters. The number of thiocarbonyl (C=S) groups is 1. The molecule has 0 spiro atoms. The minimum Gasteiger partial charge on any atom is -0.445 e. The Hall–Kier alpha value is -7.51. The lowest BCUT2D eigenvalue weighted by Gasteiger charge is -2.41. The molecule has 510 valence electrons. The van der Waals surface area contributed by atoms with E-state index in [-0.39, 0.29) is 105 Å². The van der Waals surface area contributed by atoms with E-state index in [0.29, 0.717) is 55.0 Å². The van der Waals surface area contributed by atoms with Crippen LogP contribution in [0.25, 0.3) is 0 Å². The molecule has 0 radical (unpaired) electrons. The van der Waals surface area contributed by atoms with Gasteiger partial charge in [0.25, 0.3) is 11.8 Å². The molecule has 2 aromatic rings. The first kappa shape index (κ1) is 76.9. The second kappa shape index (κ2) is 38.5. The predicted molar refractivity (Wildman–Crippen MR) is 355 cm³/mol. The molecule has 2 aliphatic rings. The molecule has 8 N–H and O–H groups in total. The number of nitrogens with two attached hydrogens (primary N) is 1. The molecule has 0 aromatic heterocycles. The van der Waals surface area contributed by atoms with Crippen LogP contribution in [0.4, 0.5) is 15.3 Å². The summed E-state index contributed by atoms with van der Waals surface area (Å²) in [6.07, 6.45) is 5.55. The van der Waals surface area contributed by atoms with Gasteiger partial charge in [0.1, 0.15) is 30.8 Å². The normalized spacial score (nSPS) is 16.8. The maximum atomic E-state index is 14.8. The van der Waals surface area contributed by atoms with E-state index in [4.69, 9.17) is 32.2 Å². The topological polar surface area (TPSA) is 310 Å². The Morgan fingerprint density at radius 2 is 1.37 bits per heavy atom. The summed E-state index contributed by atoms with van der Waals surface area (Å²) < 4.78 is 17.9. The number of likely N-dealkylation sites (N-methyl/N-ethyl adjacent to an activating group) is 2. The lowest BCUT2D eigenvalue weighted by molar-refractivity contribution is -0.147. The van der Waals surface area contributed by atoms with Gasteiger partial charge >= 0.3 is 12.1 Å². The van der Waals surface area contributed by atoms with Crippen molar-refractivity contribution in [3.63, 3.8) is 0 Å². The number of hydrogen-bond acceptors (Lipinski definition) is 14. The molecule has 92 heavy (non-hydrogen) atoms. The van der Waals surface area contributed by atoms with Crippen LogP contribution in [0.5, 0.6) is 0 Å². The van der Waals surface area contributed by atoms with Crippen molar-refractivity contribution < 1.29 is 62.2 Å². The zero-order valence-electron chi connectivity index (χ0n) is 56.3. The zero-order valence-corrected chi connectivity index (χ0v) is 57.1. The van der Waals surface area contributed by atoms with E-state index in [2.05, 4.69) is 44.0 Å². The summed E-state index contributed by atoms with van der Waals surface area (Å²) in [6, 6.07) is 10.9. The van der Waals surface area contributed by atoms with Crippen molar-refractivity contribution in [3.8, 4) is 0 Å². The molecule has 2 aliphatic heterocycles. The quantitative estimate of drug-likeness (QED) is 0.0230. The first-order valence-electron chi connectivity index (χ1n) is 32.3. The first-order valence-corrected chi connectivity index (χ1v) is 32.8. The summed E-state index contributed by atoms with van der Waals surface area (Å²) in [4.78, 5) is 140. The number of rotatable bonds is 38. The monoisotopic (exact) mass is 1300 g/mol. The summed E-state index contributed by atoms with van der Waals surface area (Å²) >= 11 is 5.87. The molecule has 0 aliphatic carbocycles. The summed E-state index contributed by atoms with van der Waals surface area (Å²) in [5, 5.41) is 17.2. The molecule has 24 nitrogen and oxygen atoms in total. The van der Waals surface area contributed by atoms with Crippen LogP contribution >= 0.6 is 12.2 Å². The highest BCUT2D eigenvalue weighted by atomic mass is 32.1. The lowest BCUT2D eigenvalue weighted by Crippen LogP contribution is -2.60. The number of nitrogens with zero attached hydrogens (tertiary/aromatic N) is 4. The molecule has 11 amide bonds. The van der Waals surface area contributed by atoms with Crippen molar-refractivity contribution in [3.05, 3.63) is 77.9 Å². The highest BCUT2D eigenvalue weighted by Gasteiger charge is 2.43. The van der Waals surface area contributed by atoms with Gasteiger partial charge in [-0.2, -0.15) is 0 Å². The van der Waals surface area contributed by atoms with Crippen molar-refractivity contribution >= 4 is 82.3 Å². The third-order valence-electron chi connectivity index (χ3n) is 17.3. The number of imide groups is 1. The van der Waals surface area contributed by atoms with Gasteiger partial charge in [0, 0.05) is 84.7 Å². The number of carbonyl (C=O) groups excluding carboxylic acids is 10. The molecule has 1 fully saturated rings. The van der Waals surface area contributed by atoms with Crippen LogP contribution in [0.1, 0.15) is 138 Å². The Morgan fingerprint density at radius 3 is 1.96 bits per heavy atom. The zero-order chi connectivity index (χ0) is 68.4. The number of carbonyl (C=O) groups is 10. The van der Waals surface area contributed by atoms with Crippen LogP contribution in [0, 0.1) is 29.6 Å². The number of unbranched alkanes of at least 4 members (excludes halogenated alkanes) is 2. The minimum atomic E-state index is -1.10. The van der Waals surface area contributed by atoms with Crippen molar-refractivity contribution in [2.75, 3.05) is 59.8 Å². The van der Waals surface area contributed by atoms with E-state index in [9.17, 15) is 47.9 Å². The van der Waals surface area contributed by atoms with Gasteiger partial charge in [-0.1, -0.05) is 130 Å². The number of ether oxygens (including phenoxy) is 3. The summed E-state index contributed by atoms with van der Waals surface area (Å²) in [7, 11) is 6.32. The molecule has 25 heteroatoms. The van der Waals surface area contributed by atoms with E-state index in [1.165, 1.54) is 29.7 Å². The molecule has 2 aromatic carbocycles. The molecule has 1 saturated heterocycles. The number of nitrogens with one attached hydrogen (secondary N) is 6. The Bertz CT molecular complexity index is 2810. The summed E-state index contributed by atoms with van der Waals surface area (Å²) in [5.74, 6) is -4.85. The molecule has 2 heterocycles. The fraction of sp³-hybridized carbons (Fsp3) is 0.627. The van der Waals surface area contributed by atoms with Crippen LogP contribution in [-0.2, 0) is 65.6 Å². The fourth-order valence-electron chi connectivity index (χ4n) is 11.8. The number of likely N-dealkylation sites (tertiary alicyclic amines) is 1. The molecule has 0 saturated carbocycles. The van der Waals surface area contributed by atoms with Gasteiger partial charge in [-0.15, -0.1) is 0 Å².